The summed E-state index contributed by atoms with van der Waals surface area (Å²) < 4.78 is 27.4. The Balaban J connectivity index is 1.63. The van der Waals surface area contributed by atoms with Crippen LogP contribution in [-0.2, 0) is 21.4 Å². The molecule has 3 aromatic rings. The molecular weight excluding hydrogens is 360 g/mol. The minimum Gasteiger partial charge on any atom is -0.350 e. The Morgan fingerprint density at radius 2 is 1.44 bits per heavy atom. The van der Waals surface area contributed by atoms with Gasteiger partial charge in [0.2, 0.25) is 5.91 Å². The van der Waals surface area contributed by atoms with Crippen molar-refractivity contribution in [3.8, 4) is 11.1 Å². The third-order valence-corrected chi connectivity index (χ3v) is 6.36. The first kappa shape index (κ1) is 17.3. The summed E-state index contributed by atoms with van der Waals surface area (Å²) in [6, 6.07) is 23.6. The van der Waals surface area contributed by atoms with E-state index in [2.05, 4.69) is 5.32 Å². The van der Waals surface area contributed by atoms with Gasteiger partial charge in [0.15, 0.2) is 0 Å². The van der Waals surface area contributed by atoms with E-state index in [1.165, 1.54) is 4.31 Å². The number of anilines is 1. The average molecular weight is 378 g/mol. The Labute approximate surface area is 158 Å². The normalized spacial score (nSPS) is 14.1. The van der Waals surface area contributed by atoms with E-state index in [1.807, 2.05) is 48.5 Å². The van der Waals surface area contributed by atoms with E-state index >= 15 is 0 Å². The first-order valence-corrected chi connectivity index (χ1v) is 10.0. The fourth-order valence-electron chi connectivity index (χ4n) is 3.23. The predicted octanol–water partition coefficient (Wildman–Crippen LogP) is 3.18. The highest BCUT2D eigenvalue weighted by atomic mass is 32.2. The van der Waals surface area contributed by atoms with E-state index in [4.69, 9.17) is 0 Å². The van der Waals surface area contributed by atoms with Crippen molar-refractivity contribution in [2.45, 2.75) is 11.4 Å². The Morgan fingerprint density at radius 1 is 0.815 bits per heavy atom. The van der Waals surface area contributed by atoms with Gasteiger partial charge in [0.1, 0.15) is 6.54 Å². The summed E-state index contributed by atoms with van der Waals surface area (Å²) in [5, 5.41) is 2.79. The second-order valence-electron chi connectivity index (χ2n) is 6.29. The lowest BCUT2D eigenvalue weighted by Crippen LogP contribution is -2.42. The number of hydrogen-bond acceptors (Lipinski definition) is 3. The molecular formula is C21H18N2O3S. The van der Waals surface area contributed by atoms with Gasteiger partial charge >= 0.3 is 0 Å². The largest absolute Gasteiger partial charge is 0.350 e. The lowest BCUT2D eigenvalue weighted by molar-refractivity contribution is -0.119. The Hall–Kier alpha value is -3.12. The molecule has 1 N–H and O–H groups in total. The van der Waals surface area contributed by atoms with Gasteiger partial charge in [-0.05, 0) is 17.7 Å². The van der Waals surface area contributed by atoms with E-state index in [-0.39, 0.29) is 17.3 Å². The van der Waals surface area contributed by atoms with Crippen LogP contribution in [0.15, 0.2) is 83.8 Å². The highest BCUT2D eigenvalue weighted by Crippen LogP contribution is 2.42. The Morgan fingerprint density at radius 3 is 2.22 bits per heavy atom. The lowest BCUT2D eigenvalue weighted by atomic mass is 10.0. The second-order valence-corrected chi connectivity index (χ2v) is 8.12. The first-order chi connectivity index (χ1) is 13.1. The second kappa shape index (κ2) is 6.89. The van der Waals surface area contributed by atoms with E-state index in [0.717, 1.165) is 11.1 Å². The lowest BCUT2D eigenvalue weighted by Gasteiger charge is -2.31. The third-order valence-electron chi connectivity index (χ3n) is 4.54. The van der Waals surface area contributed by atoms with Crippen LogP contribution in [0.5, 0.6) is 0 Å². The molecule has 0 aromatic heterocycles. The number of carbonyl (C=O) groups is 1. The molecule has 1 aliphatic heterocycles. The molecule has 1 amide bonds. The predicted molar refractivity (Wildman–Crippen MR) is 105 cm³/mol. The molecule has 4 rings (SSSR count). The number of fused-ring (bicyclic) bond motifs is 3. The van der Waals surface area contributed by atoms with Crippen LogP contribution >= 0.6 is 0 Å². The van der Waals surface area contributed by atoms with E-state index in [0.29, 0.717) is 17.8 Å². The summed E-state index contributed by atoms with van der Waals surface area (Å²) in [5.41, 5.74) is 2.94. The van der Waals surface area contributed by atoms with E-state index < -0.39 is 10.0 Å². The molecule has 5 nitrogen and oxygen atoms in total. The highest BCUT2D eigenvalue weighted by molar-refractivity contribution is 7.93. The van der Waals surface area contributed by atoms with E-state index in [1.54, 1.807) is 30.3 Å². The molecule has 27 heavy (non-hydrogen) atoms. The van der Waals surface area contributed by atoms with Crippen molar-refractivity contribution in [1.82, 2.24) is 5.32 Å². The number of hydrogen-bond donors (Lipinski definition) is 1. The van der Waals surface area contributed by atoms with Crippen molar-refractivity contribution in [3.63, 3.8) is 0 Å². The summed E-state index contributed by atoms with van der Waals surface area (Å²) >= 11 is 0. The first-order valence-electron chi connectivity index (χ1n) is 8.59. The van der Waals surface area contributed by atoms with Crippen LogP contribution in [0.2, 0.25) is 0 Å². The Kier molecular flexibility index (Phi) is 4.41. The summed E-state index contributed by atoms with van der Waals surface area (Å²) in [6.07, 6.45) is 0. The average Bonchev–Trinajstić information content (AvgIpc) is 2.70. The minimum atomic E-state index is -3.80. The van der Waals surface area contributed by atoms with E-state index in [9.17, 15) is 13.2 Å². The smallest absolute Gasteiger partial charge is 0.265 e. The van der Waals surface area contributed by atoms with Crippen LogP contribution in [0.25, 0.3) is 11.1 Å². The molecule has 1 heterocycles. The molecule has 1 aliphatic rings. The Bertz CT molecular complexity index is 1100. The molecule has 6 heteroatoms. The van der Waals surface area contributed by atoms with Crippen LogP contribution in [0.3, 0.4) is 0 Å². The number of carbonyl (C=O) groups excluding carboxylic acids is 1. The van der Waals surface area contributed by atoms with Crippen LogP contribution in [0, 0.1) is 0 Å². The van der Waals surface area contributed by atoms with Crippen molar-refractivity contribution in [2.24, 2.45) is 0 Å². The van der Waals surface area contributed by atoms with Crippen LogP contribution < -0.4 is 9.62 Å². The number of nitrogens with one attached hydrogen (secondary N) is 1. The number of sulfonamides is 1. The topological polar surface area (TPSA) is 66.5 Å². The quantitative estimate of drug-likeness (QED) is 0.758. The van der Waals surface area contributed by atoms with Crippen molar-refractivity contribution in [2.75, 3.05) is 10.8 Å². The van der Waals surface area contributed by atoms with Crippen LogP contribution in [0.4, 0.5) is 5.69 Å². The third kappa shape index (κ3) is 3.19. The van der Waals surface area contributed by atoms with Gasteiger partial charge in [-0.25, -0.2) is 8.42 Å². The van der Waals surface area contributed by atoms with Crippen LogP contribution in [-0.4, -0.2) is 20.9 Å². The summed E-state index contributed by atoms with van der Waals surface area (Å²) in [5.74, 6) is -0.350. The fraction of sp³-hybridized carbons (Fsp3) is 0.0952. The zero-order valence-corrected chi connectivity index (χ0v) is 15.3. The van der Waals surface area contributed by atoms with Gasteiger partial charge in [0.25, 0.3) is 10.0 Å². The number of para-hydroxylation sites is 1. The van der Waals surface area contributed by atoms with Gasteiger partial charge in [-0.15, -0.1) is 0 Å². The molecule has 3 aromatic carbocycles. The molecule has 0 bridgehead atoms. The summed E-state index contributed by atoms with van der Waals surface area (Å²) in [6.45, 7) is 0.0896. The van der Waals surface area contributed by atoms with Crippen molar-refractivity contribution in [3.05, 3.63) is 84.4 Å². The molecule has 0 saturated carbocycles. The van der Waals surface area contributed by atoms with Crippen molar-refractivity contribution >= 4 is 21.6 Å². The van der Waals surface area contributed by atoms with Crippen molar-refractivity contribution in [1.29, 1.82) is 0 Å². The fourth-order valence-corrected chi connectivity index (χ4v) is 4.88. The molecule has 0 aliphatic carbocycles. The maximum Gasteiger partial charge on any atom is 0.265 e. The summed E-state index contributed by atoms with van der Waals surface area (Å²) in [4.78, 5) is 12.7. The van der Waals surface area contributed by atoms with Crippen LogP contribution in [0.1, 0.15) is 5.56 Å². The molecule has 0 spiro atoms. The van der Waals surface area contributed by atoms with Gasteiger partial charge in [-0.2, -0.15) is 0 Å². The molecule has 0 fully saturated rings. The zero-order valence-electron chi connectivity index (χ0n) is 14.5. The van der Waals surface area contributed by atoms with Gasteiger partial charge in [-0.1, -0.05) is 66.7 Å². The summed E-state index contributed by atoms with van der Waals surface area (Å²) in [7, 11) is -3.80. The van der Waals surface area contributed by atoms with Gasteiger partial charge in [0, 0.05) is 17.7 Å². The maximum absolute atomic E-state index is 13.1. The number of amides is 1. The van der Waals surface area contributed by atoms with Crippen molar-refractivity contribution < 1.29 is 13.2 Å². The molecule has 0 saturated heterocycles. The highest BCUT2D eigenvalue weighted by Gasteiger charge is 2.35. The molecule has 0 atom stereocenters. The molecule has 0 radical (unpaired) electrons. The SMILES string of the molecule is O=C(CN1c2ccccc2-c2ccccc2S1(=O)=O)NCc1ccccc1. The molecule has 0 unspecified atom stereocenters. The minimum absolute atomic E-state index is 0.222. The monoisotopic (exact) mass is 378 g/mol. The standard InChI is InChI=1S/C21H18N2O3S/c24-21(22-14-16-8-2-1-3-9-16)15-23-19-12-6-4-10-17(19)18-11-5-7-13-20(18)27(23,25)26/h1-13H,14-15H2,(H,22,24). The van der Waals surface area contributed by atoms with Gasteiger partial charge in [0.05, 0.1) is 10.6 Å². The molecule has 136 valence electrons. The van der Waals surface area contributed by atoms with Gasteiger partial charge in [-0.3, -0.25) is 9.10 Å². The maximum atomic E-state index is 13.1. The number of benzene rings is 3. The number of rotatable bonds is 4. The zero-order chi connectivity index (χ0) is 18.9. The number of nitrogens with zero attached hydrogens (tertiary/aromatic N) is 1. The van der Waals surface area contributed by atoms with Gasteiger partial charge < -0.3 is 5.32 Å².